The van der Waals surface area contributed by atoms with E-state index in [1.165, 1.54) is 16.5 Å². The number of para-hydroxylation sites is 1. The number of hydrogen-bond acceptors (Lipinski definition) is 1. The Labute approximate surface area is 146 Å². The summed E-state index contributed by atoms with van der Waals surface area (Å²) in [6.45, 7) is 3.66. The van der Waals surface area contributed by atoms with Crippen LogP contribution in [0.15, 0.2) is 48.7 Å². The summed E-state index contributed by atoms with van der Waals surface area (Å²) in [7, 11) is 0. The number of aryl methyl sites for hydroxylation is 1. The lowest BCUT2D eigenvalue weighted by Crippen LogP contribution is -2.15. The molecule has 1 unspecified atom stereocenters. The van der Waals surface area contributed by atoms with Gasteiger partial charge in [-0.3, -0.25) is 0 Å². The van der Waals surface area contributed by atoms with E-state index in [2.05, 4.69) is 42.0 Å². The molecular formula is C19H20Cl2N2. The third-order valence-electron chi connectivity index (χ3n) is 4.38. The molecule has 0 aliphatic heterocycles. The van der Waals surface area contributed by atoms with Crippen LogP contribution >= 0.6 is 23.2 Å². The molecule has 1 atom stereocenters. The highest BCUT2D eigenvalue weighted by atomic mass is 35.5. The molecule has 0 aliphatic rings. The van der Waals surface area contributed by atoms with Crippen LogP contribution in [0.4, 0.5) is 0 Å². The van der Waals surface area contributed by atoms with Gasteiger partial charge in [0.15, 0.2) is 0 Å². The van der Waals surface area contributed by atoms with Crippen LogP contribution in [-0.4, -0.2) is 11.1 Å². The van der Waals surface area contributed by atoms with Crippen LogP contribution < -0.4 is 5.73 Å². The van der Waals surface area contributed by atoms with Crippen LogP contribution in [0.5, 0.6) is 0 Å². The van der Waals surface area contributed by atoms with Gasteiger partial charge >= 0.3 is 0 Å². The number of hydrogen-bond donors (Lipinski definition) is 1. The standard InChI is InChI=1S/C19H20Cl2N2/c1-2-23-12-16(15-7-3-4-9-18(15)23)14(11-22)10-13-6-5-8-17(20)19(13)21/h3-9,12,14H,2,10-11,22H2,1H3. The molecule has 0 fully saturated rings. The first-order valence-corrected chi connectivity index (χ1v) is 8.62. The first-order valence-electron chi connectivity index (χ1n) is 7.86. The fourth-order valence-corrected chi connectivity index (χ4v) is 3.55. The number of rotatable bonds is 5. The Kier molecular flexibility index (Phi) is 4.96. The van der Waals surface area contributed by atoms with Gasteiger partial charge in [0.1, 0.15) is 0 Å². The Bertz CT molecular complexity index is 823. The van der Waals surface area contributed by atoms with E-state index in [1.807, 2.05) is 18.2 Å². The topological polar surface area (TPSA) is 30.9 Å². The van der Waals surface area contributed by atoms with Crippen molar-refractivity contribution in [2.75, 3.05) is 6.54 Å². The molecule has 0 saturated heterocycles. The lowest BCUT2D eigenvalue weighted by atomic mass is 9.92. The lowest BCUT2D eigenvalue weighted by molar-refractivity contribution is 0.690. The molecule has 1 aromatic heterocycles. The molecule has 0 aliphatic carbocycles. The maximum atomic E-state index is 6.35. The number of nitrogens with two attached hydrogens (primary N) is 1. The quantitative estimate of drug-likeness (QED) is 0.671. The van der Waals surface area contributed by atoms with Gasteiger partial charge in [-0.2, -0.15) is 0 Å². The molecular weight excluding hydrogens is 327 g/mol. The maximum absolute atomic E-state index is 6.35. The lowest BCUT2D eigenvalue weighted by Gasteiger charge is -2.16. The molecule has 0 bridgehead atoms. The van der Waals surface area contributed by atoms with Gasteiger partial charge in [0, 0.05) is 29.6 Å². The smallest absolute Gasteiger partial charge is 0.0624 e. The van der Waals surface area contributed by atoms with Crippen LogP contribution in [0.25, 0.3) is 10.9 Å². The first-order chi connectivity index (χ1) is 11.2. The molecule has 0 spiro atoms. The van der Waals surface area contributed by atoms with Crippen molar-refractivity contribution in [3.63, 3.8) is 0 Å². The SMILES string of the molecule is CCn1cc(C(CN)Cc2cccc(Cl)c2Cl)c2ccccc21. The number of halogens is 2. The van der Waals surface area contributed by atoms with Gasteiger partial charge in [0.05, 0.1) is 10.0 Å². The second kappa shape index (κ2) is 6.96. The molecule has 120 valence electrons. The van der Waals surface area contributed by atoms with E-state index in [0.717, 1.165) is 18.5 Å². The minimum Gasteiger partial charge on any atom is -0.347 e. The third-order valence-corrected chi connectivity index (χ3v) is 5.24. The first kappa shape index (κ1) is 16.4. The zero-order chi connectivity index (χ0) is 16.4. The van der Waals surface area contributed by atoms with Gasteiger partial charge in [-0.05, 0) is 43.1 Å². The van der Waals surface area contributed by atoms with Gasteiger partial charge in [0.2, 0.25) is 0 Å². The number of nitrogens with zero attached hydrogens (tertiary/aromatic N) is 1. The summed E-state index contributed by atoms with van der Waals surface area (Å²) in [4.78, 5) is 0. The molecule has 23 heavy (non-hydrogen) atoms. The van der Waals surface area contributed by atoms with Crippen molar-refractivity contribution in [1.82, 2.24) is 4.57 Å². The summed E-state index contributed by atoms with van der Waals surface area (Å²) in [5.41, 5.74) is 9.67. The van der Waals surface area contributed by atoms with E-state index in [-0.39, 0.29) is 5.92 Å². The summed E-state index contributed by atoms with van der Waals surface area (Å²) in [5.74, 6) is 0.212. The second-order valence-corrected chi connectivity index (χ2v) is 6.52. The van der Waals surface area contributed by atoms with E-state index in [0.29, 0.717) is 16.6 Å². The highest BCUT2D eigenvalue weighted by molar-refractivity contribution is 6.42. The van der Waals surface area contributed by atoms with Crippen molar-refractivity contribution in [2.24, 2.45) is 5.73 Å². The van der Waals surface area contributed by atoms with Crippen molar-refractivity contribution < 1.29 is 0 Å². The van der Waals surface area contributed by atoms with E-state index >= 15 is 0 Å². The largest absolute Gasteiger partial charge is 0.347 e. The second-order valence-electron chi connectivity index (χ2n) is 5.74. The third kappa shape index (κ3) is 3.12. The predicted molar refractivity (Wildman–Crippen MR) is 99.6 cm³/mol. The highest BCUT2D eigenvalue weighted by Gasteiger charge is 2.18. The number of aromatic nitrogens is 1. The predicted octanol–water partition coefficient (Wildman–Crippen LogP) is 5.25. The van der Waals surface area contributed by atoms with Crippen LogP contribution in [0.2, 0.25) is 10.0 Å². The Morgan fingerprint density at radius 2 is 1.87 bits per heavy atom. The maximum Gasteiger partial charge on any atom is 0.0624 e. The molecule has 3 rings (SSSR count). The number of benzene rings is 2. The zero-order valence-electron chi connectivity index (χ0n) is 13.1. The summed E-state index contributed by atoms with van der Waals surface area (Å²) in [6.07, 6.45) is 3.01. The summed E-state index contributed by atoms with van der Waals surface area (Å²) >= 11 is 12.5. The van der Waals surface area contributed by atoms with Crippen molar-refractivity contribution in [1.29, 1.82) is 0 Å². The molecule has 0 amide bonds. The summed E-state index contributed by atoms with van der Waals surface area (Å²) < 4.78 is 2.27. The van der Waals surface area contributed by atoms with E-state index < -0.39 is 0 Å². The summed E-state index contributed by atoms with van der Waals surface area (Å²) in [5, 5.41) is 2.49. The fourth-order valence-electron chi connectivity index (χ4n) is 3.15. The molecule has 4 heteroatoms. The number of fused-ring (bicyclic) bond motifs is 1. The van der Waals surface area contributed by atoms with E-state index in [1.54, 1.807) is 0 Å². The highest BCUT2D eigenvalue weighted by Crippen LogP contribution is 2.33. The summed E-state index contributed by atoms with van der Waals surface area (Å²) in [6, 6.07) is 14.2. The Morgan fingerprint density at radius 3 is 2.61 bits per heavy atom. The molecule has 2 aromatic carbocycles. The van der Waals surface area contributed by atoms with Crippen LogP contribution in [0.3, 0.4) is 0 Å². The molecule has 2 N–H and O–H groups in total. The molecule has 0 radical (unpaired) electrons. The minimum absolute atomic E-state index is 0.212. The van der Waals surface area contributed by atoms with Crippen LogP contribution in [0, 0.1) is 0 Å². The van der Waals surface area contributed by atoms with Crippen LogP contribution in [0.1, 0.15) is 24.0 Å². The average Bonchev–Trinajstić information content (AvgIpc) is 2.95. The minimum atomic E-state index is 0.212. The average molecular weight is 347 g/mol. The van der Waals surface area contributed by atoms with Gasteiger partial charge in [0.25, 0.3) is 0 Å². The van der Waals surface area contributed by atoms with E-state index in [9.17, 15) is 0 Å². The van der Waals surface area contributed by atoms with Crippen molar-refractivity contribution >= 4 is 34.1 Å². The van der Waals surface area contributed by atoms with Gasteiger partial charge < -0.3 is 10.3 Å². The zero-order valence-corrected chi connectivity index (χ0v) is 14.6. The van der Waals surface area contributed by atoms with Crippen LogP contribution in [-0.2, 0) is 13.0 Å². The Balaban J connectivity index is 2.03. The molecule has 0 saturated carbocycles. The molecule has 3 aromatic rings. The normalized spacial score (nSPS) is 12.7. The monoisotopic (exact) mass is 346 g/mol. The Morgan fingerprint density at radius 1 is 1.09 bits per heavy atom. The van der Waals surface area contributed by atoms with Crippen molar-refractivity contribution in [2.45, 2.75) is 25.8 Å². The Hall–Kier alpha value is -1.48. The fraction of sp³-hybridized carbons (Fsp3) is 0.263. The van der Waals surface area contributed by atoms with Gasteiger partial charge in [-0.15, -0.1) is 0 Å². The van der Waals surface area contributed by atoms with Crippen molar-refractivity contribution in [3.05, 3.63) is 69.8 Å². The molecule has 2 nitrogen and oxygen atoms in total. The van der Waals surface area contributed by atoms with E-state index in [4.69, 9.17) is 28.9 Å². The van der Waals surface area contributed by atoms with Gasteiger partial charge in [-0.1, -0.05) is 53.5 Å². The molecule has 1 heterocycles. The van der Waals surface area contributed by atoms with Gasteiger partial charge in [-0.25, -0.2) is 0 Å². The van der Waals surface area contributed by atoms with Crippen molar-refractivity contribution in [3.8, 4) is 0 Å².